The number of rotatable bonds is 2. The second kappa shape index (κ2) is 5.56. The molecular weight excluding hydrogens is 363 g/mol. The highest BCUT2D eigenvalue weighted by molar-refractivity contribution is 9.10. The Kier molecular flexibility index (Phi) is 3.78. The van der Waals surface area contributed by atoms with Crippen molar-refractivity contribution in [2.24, 2.45) is 0 Å². The predicted octanol–water partition coefficient (Wildman–Crippen LogP) is 5.49. The summed E-state index contributed by atoms with van der Waals surface area (Å²) in [7, 11) is 0. The molecule has 3 nitrogen and oxygen atoms in total. The third-order valence-electron chi connectivity index (χ3n) is 2.72. The van der Waals surface area contributed by atoms with Gasteiger partial charge in [-0.25, -0.2) is 4.98 Å². The van der Waals surface area contributed by atoms with Gasteiger partial charge in [0, 0.05) is 0 Å². The van der Waals surface area contributed by atoms with Crippen LogP contribution in [0.15, 0.2) is 47.1 Å². The largest absolute Gasteiger partial charge is 0.436 e. The van der Waals surface area contributed by atoms with Crippen LogP contribution in [0.25, 0.3) is 10.8 Å². The second-order valence-corrected chi connectivity index (χ2v) is 5.53. The molecule has 0 atom stereocenters. The maximum absolute atomic E-state index is 5.99. The minimum absolute atomic E-state index is 0.0845. The molecule has 0 spiro atoms. The fraction of sp³-hybridized carbons (Fsp3) is 0. The average molecular weight is 370 g/mol. The molecule has 0 amide bonds. The molecule has 1 heterocycles. The van der Waals surface area contributed by atoms with E-state index in [0.29, 0.717) is 10.8 Å². The van der Waals surface area contributed by atoms with Gasteiger partial charge in [-0.2, -0.15) is 4.98 Å². The quantitative estimate of drug-likeness (QED) is 0.560. The fourth-order valence-corrected chi connectivity index (χ4v) is 2.63. The van der Waals surface area contributed by atoms with Crippen molar-refractivity contribution in [3.63, 3.8) is 0 Å². The monoisotopic (exact) mass is 368 g/mol. The Morgan fingerprint density at radius 3 is 2.70 bits per heavy atom. The molecule has 0 aliphatic carbocycles. The molecule has 0 saturated carbocycles. The van der Waals surface area contributed by atoms with Gasteiger partial charge in [0.2, 0.25) is 11.2 Å². The van der Waals surface area contributed by atoms with Crippen molar-refractivity contribution in [2.75, 3.05) is 0 Å². The molecule has 0 aliphatic heterocycles. The minimum Gasteiger partial charge on any atom is -0.436 e. The SMILES string of the molecule is Clc1ncc(Cl)c(Oc2ccc3ccccc3c2Br)n1. The van der Waals surface area contributed by atoms with Gasteiger partial charge in [0.1, 0.15) is 10.8 Å². The first-order chi connectivity index (χ1) is 9.65. The van der Waals surface area contributed by atoms with Crippen LogP contribution in [0.2, 0.25) is 10.3 Å². The first-order valence-corrected chi connectivity index (χ1v) is 7.23. The zero-order valence-corrected chi connectivity index (χ0v) is 13.1. The molecule has 2 aromatic carbocycles. The molecule has 0 fully saturated rings. The molecule has 100 valence electrons. The Bertz CT molecular complexity index is 795. The fourth-order valence-electron chi connectivity index (χ4n) is 1.80. The first kappa shape index (κ1) is 13.6. The van der Waals surface area contributed by atoms with E-state index in [4.69, 9.17) is 27.9 Å². The molecule has 1 aromatic heterocycles. The number of benzene rings is 2. The summed E-state index contributed by atoms with van der Waals surface area (Å²) < 4.78 is 6.55. The summed E-state index contributed by atoms with van der Waals surface area (Å²) in [6.07, 6.45) is 1.40. The first-order valence-electron chi connectivity index (χ1n) is 5.68. The summed E-state index contributed by atoms with van der Waals surface area (Å²) in [6.45, 7) is 0. The third-order valence-corrected chi connectivity index (χ3v) is 3.98. The Morgan fingerprint density at radius 1 is 1.05 bits per heavy atom. The molecule has 20 heavy (non-hydrogen) atoms. The van der Waals surface area contributed by atoms with E-state index in [1.165, 1.54) is 6.20 Å². The summed E-state index contributed by atoms with van der Waals surface area (Å²) >= 11 is 15.3. The van der Waals surface area contributed by atoms with Crippen LogP contribution in [-0.4, -0.2) is 9.97 Å². The van der Waals surface area contributed by atoms with Crippen molar-refractivity contribution in [1.82, 2.24) is 9.97 Å². The van der Waals surface area contributed by atoms with Crippen LogP contribution in [0.3, 0.4) is 0 Å². The van der Waals surface area contributed by atoms with Crippen molar-refractivity contribution in [3.05, 3.63) is 57.4 Å². The predicted molar refractivity (Wildman–Crippen MR) is 83.8 cm³/mol. The lowest BCUT2D eigenvalue weighted by atomic mass is 10.1. The number of fused-ring (bicyclic) bond motifs is 1. The third kappa shape index (κ3) is 2.59. The van der Waals surface area contributed by atoms with E-state index in [1.807, 2.05) is 36.4 Å². The van der Waals surface area contributed by atoms with Gasteiger partial charge >= 0.3 is 0 Å². The van der Waals surface area contributed by atoms with Gasteiger partial charge in [0.15, 0.2) is 0 Å². The van der Waals surface area contributed by atoms with Crippen molar-refractivity contribution in [3.8, 4) is 11.6 Å². The number of nitrogens with zero attached hydrogens (tertiary/aromatic N) is 2. The van der Waals surface area contributed by atoms with Crippen LogP contribution in [-0.2, 0) is 0 Å². The minimum atomic E-state index is 0.0845. The molecule has 6 heteroatoms. The van der Waals surface area contributed by atoms with Gasteiger partial charge < -0.3 is 4.74 Å². The molecule has 0 radical (unpaired) electrons. The maximum Gasteiger partial charge on any atom is 0.242 e. The topological polar surface area (TPSA) is 35.0 Å². The zero-order valence-electron chi connectivity index (χ0n) is 9.98. The van der Waals surface area contributed by atoms with Crippen molar-refractivity contribution in [2.45, 2.75) is 0 Å². The molecular formula is C14H7BrCl2N2O. The number of ether oxygens (including phenoxy) is 1. The number of halogens is 3. The Balaban J connectivity index is 2.07. The maximum atomic E-state index is 5.99. The smallest absolute Gasteiger partial charge is 0.242 e. The summed E-state index contributed by atoms with van der Waals surface area (Å²) in [4.78, 5) is 7.75. The van der Waals surface area contributed by atoms with Crippen LogP contribution >= 0.6 is 39.1 Å². The molecule has 0 aliphatic rings. The van der Waals surface area contributed by atoms with Gasteiger partial charge in [0.05, 0.1) is 10.7 Å². The number of aromatic nitrogens is 2. The zero-order chi connectivity index (χ0) is 14.1. The highest BCUT2D eigenvalue weighted by Gasteiger charge is 2.11. The highest BCUT2D eigenvalue weighted by atomic mass is 79.9. The van der Waals surface area contributed by atoms with E-state index in [0.717, 1.165) is 15.2 Å². The van der Waals surface area contributed by atoms with E-state index in [1.54, 1.807) is 0 Å². The van der Waals surface area contributed by atoms with E-state index in [-0.39, 0.29) is 11.2 Å². The number of hydrogen-bond donors (Lipinski definition) is 0. The lowest BCUT2D eigenvalue weighted by Gasteiger charge is -2.10. The van der Waals surface area contributed by atoms with Crippen LogP contribution in [0.4, 0.5) is 0 Å². The normalized spacial score (nSPS) is 10.8. The van der Waals surface area contributed by atoms with Crippen molar-refractivity contribution < 1.29 is 4.74 Å². The molecule has 3 rings (SSSR count). The molecule has 0 unspecified atom stereocenters. The average Bonchev–Trinajstić information content (AvgIpc) is 2.46. The van der Waals surface area contributed by atoms with E-state index in [2.05, 4.69) is 25.9 Å². The van der Waals surface area contributed by atoms with Crippen molar-refractivity contribution in [1.29, 1.82) is 0 Å². The van der Waals surface area contributed by atoms with Crippen LogP contribution < -0.4 is 4.74 Å². The summed E-state index contributed by atoms with van der Waals surface area (Å²) in [5, 5.41) is 2.54. The van der Waals surface area contributed by atoms with Gasteiger partial charge in [-0.05, 0) is 44.4 Å². The van der Waals surface area contributed by atoms with Gasteiger partial charge in [-0.1, -0.05) is 41.9 Å². The van der Waals surface area contributed by atoms with Gasteiger partial charge in [-0.15, -0.1) is 0 Å². The van der Waals surface area contributed by atoms with Gasteiger partial charge in [-0.3, -0.25) is 0 Å². The summed E-state index contributed by atoms with van der Waals surface area (Å²) in [5.74, 6) is 0.836. The van der Waals surface area contributed by atoms with Crippen LogP contribution in [0, 0.1) is 0 Å². The van der Waals surface area contributed by atoms with Gasteiger partial charge in [0.25, 0.3) is 0 Å². The Morgan fingerprint density at radius 2 is 1.85 bits per heavy atom. The lowest BCUT2D eigenvalue weighted by molar-refractivity contribution is 0.460. The van der Waals surface area contributed by atoms with E-state index in [9.17, 15) is 0 Å². The van der Waals surface area contributed by atoms with Crippen LogP contribution in [0.1, 0.15) is 0 Å². The number of hydrogen-bond acceptors (Lipinski definition) is 3. The summed E-state index contributed by atoms with van der Waals surface area (Å²) in [5.41, 5.74) is 0. The van der Waals surface area contributed by atoms with E-state index < -0.39 is 0 Å². The van der Waals surface area contributed by atoms with E-state index >= 15 is 0 Å². The second-order valence-electron chi connectivity index (χ2n) is 3.99. The molecule has 0 saturated heterocycles. The Hall–Kier alpha value is -1.36. The molecule has 0 bridgehead atoms. The standard InChI is InChI=1S/C14H7BrCl2N2O/c15-12-9-4-2-1-3-8(9)5-6-11(12)20-13-10(16)7-18-14(17)19-13/h1-7H. The molecule has 0 N–H and O–H groups in total. The Labute approximate surface area is 133 Å². The lowest BCUT2D eigenvalue weighted by Crippen LogP contribution is -1.92. The van der Waals surface area contributed by atoms with Crippen molar-refractivity contribution >= 4 is 49.9 Å². The highest BCUT2D eigenvalue weighted by Crippen LogP contribution is 2.37. The summed E-state index contributed by atoms with van der Waals surface area (Å²) in [6, 6.07) is 11.8. The van der Waals surface area contributed by atoms with Crippen LogP contribution in [0.5, 0.6) is 11.6 Å². The molecule has 3 aromatic rings.